The molecule has 0 fully saturated rings. The lowest BCUT2D eigenvalue weighted by molar-refractivity contribution is 0.499. The SMILES string of the molecule is C=CN=C(Nc1ccc(N)c(C=N)c1)C(=C(C)C)C1=C(C)CC(C)CC1.CN.CN=N. The molecule has 2 rings (SSSR count). The summed E-state index contributed by atoms with van der Waals surface area (Å²) in [6.45, 7) is 12.6. The second-order valence-corrected chi connectivity index (χ2v) is 7.48. The molecule has 7 N–H and O–H groups in total. The van der Waals surface area contributed by atoms with Crippen molar-refractivity contribution in [1.82, 2.24) is 0 Å². The van der Waals surface area contributed by atoms with E-state index in [0.717, 1.165) is 30.3 Å². The van der Waals surface area contributed by atoms with Gasteiger partial charge in [0.25, 0.3) is 0 Å². The van der Waals surface area contributed by atoms with Crippen LogP contribution in [0.25, 0.3) is 0 Å². The second-order valence-electron chi connectivity index (χ2n) is 7.48. The molecule has 7 heteroatoms. The Morgan fingerprint density at radius 3 is 2.39 bits per heavy atom. The van der Waals surface area contributed by atoms with Crippen LogP contribution in [0.3, 0.4) is 0 Å². The number of aliphatic imine (C=N–C) groups is 1. The average molecular weight is 426 g/mol. The molecule has 1 unspecified atom stereocenters. The molecule has 0 saturated heterocycles. The molecule has 1 atom stereocenters. The monoisotopic (exact) mass is 425 g/mol. The molecular formula is C24H39N7. The van der Waals surface area contributed by atoms with Crippen LogP contribution in [-0.2, 0) is 0 Å². The molecule has 1 aromatic carbocycles. The van der Waals surface area contributed by atoms with Crippen molar-refractivity contribution in [3.05, 3.63) is 58.8 Å². The van der Waals surface area contributed by atoms with Crippen molar-refractivity contribution in [3.8, 4) is 0 Å². The van der Waals surface area contributed by atoms with Gasteiger partial charge in [-0.25, -0.2) is 15.6 Å². The molecule has 170 valence electrons. The summed E-state index contributed by atoms with van der Waals surface area (Å²) >= 11 is 0. The van der Waals surface area contributed by atoms with Crippen molar-refractivity contribution in [1.29, 1.82) is 10.9 Å². The molecule has 31 heavy (non-hydrogen) atoms. The predicted molar refractivity (Wildman–Crippen MR) is 135 cm³/mol. The Morgan fingerprint density at radius 1 is 1.29 bits per heavy atom. The first-order chi connectivity index (χ1) is 14.8. The van der Waals surface area contributed by atoms with E-state index >= 15 is 0 Å². The fraction of sp³-hybridized carbons (Fsp3) is 0.417. The Balaban J connectivity index is 0.00000165. The van der Waals surface area contributed by atoms with Crippen LogP contribution in [0.1, 0.15) is 52.5 Å². The first-order valence-electron chi connectivity index (χ1n) is 10.3. The Hall–Kier alpha value is -3.06. The van der Waals surface area contributed by atoms with Crippen LogP contribution in [0, 0.1) is 16.9 Å². The number of nitrogens with zero attached hydrogens (tertiary/aromatic N) is 2. The van der Waals surface area contributed by atoms with E-state index in [2.05, 4.69) is 55.4 Å². The van der Waals surface area contributed by atoms with Crippen LogP contribution in [0.4, 0.5) is 11.4 Å². The van der Waals surface area contributed by atoms with E-state index in [1.807, 2.05) is 18.2 Å². The van der Waals surface area contributed by atoms with E-state index in [4.69, 9.17) is 16.7 Å². The fourth-order valence-corrected chi connectivity index (χ4v) is 3.54. The third-order valence-electron chi connectivity index (χ3n) is 4.82. The van der Waals surface area contributed by atoms with Crippen LogP contribution in [-0.4, -0.2) is 26.1 Å². The minimum atomic E-state index is 0.593. The number of amidine groups is 1. The highest BCUT2D eigenvalue weighted by Gasteiger charge is 2.22. The van der Waals surface area contributed by atoms with Crippen molar-refractivity contribution in [2.75, 3.05) is 25.1 Å². The van der Waals surface area contributed by atoms with E-state index in [1.54, 1.807) is 6.20 Å². The number of allylic oxidation sites excluding steroid dienone is 2. The zero-order valence-corrected chi connectivity index (χ0v) is 19.8. The van der Waals surface area contributed by atoms with Gasteiger partial charge in [0, 0.05) is 42.0 Å². The highest BCUT2D eigenvalue weighted by Crippen LogP contribution is 2.35. The van der Waals surface area contributed by atoms with Gasteiger partial charge in [-0.2, -0.15) is 0 Å². The quantitative estimate of drug-likeness (QED) is 0.173. The smallest absolute Gasteiger partial charge is 0.137 e. The van der Waals surface area contributed by atoms with E-state index in [1.165, 1.54) is 49.0 Å². The summed E-state index contributed by atoms with van der Waals surface area (Å²) in [6.07, 6.45) is 6.24. The lowest BCUT2D eigenvalue weighted by Gasteiger charge is -2.27. The summed E-state index contributed by atoms with van der Waals surface area (Å²) in [7, 11) is 2.92. The van der Waals surface area contributed by atoms with Gasteiger partial charge in [-0.3, -0.25) is 0 Å². The van der Waals surface area contributed by atoms with Crippen molar-refractivity contribution in [2.45, 2.75) is 47.0 Å². The van der Waals surface area contributed by atoms with E-state index < -0.39 is 0 Å². The maximum Gasteiger partial charge on any atom is 0.137 e. The lowest BCUT2D eigenvalue weighted by atomic mass is 9.81. The number of hydrogen-bond acceptors (Lipinski definition) is 6. The molecular weight excluding hydrogens is 386 g/mol. The normalized spacial score (nSPS) is 15.5. The number of benzene rings is 1. The molecule has 7 nitrogen and oxygen atoms in total. The highest BCUT2D eigenvalue weighted by atomic mass is 15.0. The van der Waals surface area contributed by atoms with Crippen LogP contribution < -0.4 is 16.8 Å². The van der Waals surface area contributed by atoms with Crippen molar-refractivity contribution < 1.29 is 0 Å². The van der Waals surface area contributed by atoms with Gasteiger partial charge < -0.3 is 22.2 Å². The van der Waals surface area contributed by atoms with Crippen LogP contribution in [0.15, 0.2) is 63.4 Å². The third-order valence-corrected chi connectivity index (χ3v) is 4.82. The molecule has 0 heterocycles. The Morgan fingerprint density at radius 2 is 1.90 bits per heavy atom. The summed E-state index contributed by atoms with van der Waals surface area (Å²) < 4.78 is 0. The zero-order valence-electron chi connectivity index (χ0n) is 19.8. The second kappa shape index (κ2) is 14.8. The largest absolute Gasteiger partial charge is 0.398 e. The van der Waals surface area contributed by atoms with Gasteiger partial charge in [0.1, 0.15) is 5.84 Å². The maximum absolute atomic E-state index is 7.51. The number of nitrogens with two attached hydrogens (primary N) is 2. The summed E-state index contributed by atoms with van der Waals surface area (Å²) in [5, 5.41) is 13.7. The Bertz CT molecular complexity index is 843. The summed E-state index contributed by atoms with van der Waals surface area (Å²) in [5.41, 5.74) is 23.6. The molecule has 1 aliphatic rings. The standard InChI is InChI=1S/C22H30N4.CH4N2.CH5N/c1-6-25-22(26-18-8-10-20(24)17(12-18)13-23)21(14(2)3)19-9-7-15(4)11-16(19)5;1-3-2;1-2/h6,8,10,12-13,15,23H,1,7,9,11,24H2,2-5H3,(H,25,26);2H,1H3;2H2,1H3. The van der Waals surface area contributed by atoms with Crippen LogP contribution in [0.2, 0.25) is 0 Å². The van der Waals surface area contributed by atoms with Gasteiger partial charge in [-0.1, -0.05) is 24.6 Å². The zero-order chi connectivity index (χ0) is 24.0. The number of nitrogens with one attached hydrogen (secondary N) is 3. The van der Waals surface area contributed by atoms with Gasteiger partial charge >= 0.3 is 0 Å². The fourth-order valence-electron chi connectivity index (χ4n) is 3.54. The number of hydrogen-bond donors (Lipinski definition) is 5. The minimum Gasteiger partial charge on any atom is -0.398 e. The van der Waals surface area contributed by atoms with E-state index in [0.29, 0.717) is 11.3 Å². The average Bonchev–Trinajstić information content (AvgIpc) is 2.73. The Kier molecular flexibility index (Phi) is 13.4. The maximum atomic E-state index is 7.51. The molecule has 0 saturated carbocycles. The van der Waals surface area contributed by atoms with Gasteiger partial charge in [-0.15, -0.1) is 0 Å². The molecule has 0 spiro atoms. The van der Waals surface area contributed by atoms with Crippen molar-refractivity contribution >= 4 is 23.4 Å². The van der Waals surface area contributed by atoms with Crippen molar-refractivity contribution in [3.63, 3.8) is 0 Å². The van der Waals surface area contributed by atoms with Crippen LogP contribution in [0.5, 0.6) is 0 Å². The number of rotatable bonds is 5. The Labute approximate surface area is 187 Å². The van der Waals surface area contributed by atoms with E-state index in [9.17, 15) is 0 Å². The lowest BCUT2D eigenvalue weighted by Crippen LogP contribution is -2.20. The first-order valence-corrected chi connectivity index (χ1v) is 10.3. The topological polar surface area (TPSA) is 136 Å². The molecule has 0 aliphatic heterocycles. The molecule has 1 aromatic rings. The molecule has 0 radical (unpaired) electrons. The van der Waals surface area contributed by atoms with Gasteiger partial charge in [0.2, 0.25) is 0 Å². The number of nitrogen functional groups attached to an aromatic ring is 1. The van der Waals surface area contributed by atoms with Crippen molar-refractivity contribution in [2.24, 2.45) is 21.8 Å². The third kappa shape index (κ3) is 8.68. The molecule has 1 aliphatic carbocycles. The minimum absolute atomic E-state index is 0.593. The first kappa shape index (κ1) is 27.9. The van der Waals surface area contributed by atoms with Gasteiger partial charge in [0.05, 0.1) is 0 Å². The molecule has 0 amide bonds. The summed E-state index contributed by atoms with van der Waals surface area (Å²) in [4.78, 5) is 4.54. The van der Waals surface area contributed by atoms with Gasteiger partial charge in [0.15, 0.2) is 0 Å². The molecule has 0 aromatic heterocycles. The highest BCUT2D eigenvalue weighted by molar-refractivity contribution is 6.12. The van der Waals surface area contributed by atoms with Gasteiger partial charge in [-0.05, 0) is 76.8 Å². The molecule has 0 bridgehead atoms. The predicted octanol–water partition coefficient (Wildman–Crippen LogP) is 5.92. The summed E-state index contributed by atoms with van der Waals surface area (Å²) in [5.74, 6) is 1.53. The number of anilines is 2. The van der Waals surface area contributed by atoms with E-state index in [-0.39, 0.29) is 0 Å². The summed E-state index contributed by atoms with van der Waals surface area (Å²) in [6, 6.07) is 5.59. The van der Waals surface area contributed by atoms with Crippen LogP contribution >= 0.6 is 0 Å².